The van der Waals surface area contributed by atoms with E-state index < -0.39 is 21.6 Å². The van der Waals surface area contributed by atoms with Gasteiger partial charge in [0.15, 0.2) is 11.6 Å². The minimum atomic E-state index is -3.22. The van der Waals surface area contributed by atoms with Crippen molar-refractivity contribution in [2.24, 2.45) is 0 Å². The number of ether oxygens (including phenoxy) is 1. The molecule has 0 N–H and O–H groups in total. The van der Waals surface area contributed by atoms with E-state index in [9.17, 15) is 17.6 Å². The molecule has 6 heteroatoms. The van der Waals surface area contributed by atoms with Crippen LogP contribution in [0.5, 0.6) is 5.75 Å². The molecular formula is C11H13FO4S. The van der Waals surface area contributed by atoms with Crippen LogP contribution in [0.3, 0.4) is 0 Å². The Hall–Kier alpha value is -1.43. The Bertz CT molecular complexity index is 522. The van der Waals surface area contributed by atoms with Gasteiger partial charge in [-0.25, -0.2) is 12.8 Å². The third kappa shape index (κ3) is 4.95. The molecule has 0 saturated heterocycles. The first-order valence-corrected chi connectivity index (χ1v) is 6.98. The molecule has 1 rings (SSSR count). The van der Waals surface area contributed by atoms with E-state index >= 15 is 0 Å². The van der Waals surface area contributed by atoms with E-state index in [4.69, 9.17) is 4.74 Å². The van der Waals surface area contributed by atoms with Crippen LogP contribution < -0.4 is 4.74 Å². The molecule has 0 bridgehead atoms. The zero-order valence-corrected chi connectivity index (χ0v) is 10.4. The second-order valence-electron chi connectivity index (χ2n) is 3.79. The molecule has 0 aliphatic heterocycles. The number of benzene rings is 1. The van der Waals surface area contributed by atoms with Crippen LogP contribution in [-0.2, 0) is 14.6 Å². The number of sulfone groups is 1. The number of aryl methyl sites for hydroxylation is 1. The summed E-state index contributed by atoms with van der Waals surface area (Å²) in [4.78, 5) is 11.3. The summed E-state index contributed by atoms with van der Waals surface area (Å²) in [7, 11) is -3.22. The van der Waals surface area contributed by atoms with Crippen molar-refractivity contribution >= 4 is 15.8 Å². The fraction of sp³-hybridized carbons (Fsp3) is 0.364. The Kier molecular flexibility index (Phi) is 4.22. The number of halogens is 1. The van der Waals surface area contributed by atoms with Gasteiger partial charge in [0.2, 0.25) is 0 Å². The van der Waals surface area contributed by atoms with Crippen molar-refractivity contribution in [3.05, 3.63) is 29.6 Å². The third-order valence-electron chi connectivity index (χ3n) is 1.99. The molecule has 0 aliphatic rings. The molecule has 0 spiro atoms. The predicted molar refractivity (Wildman–Crippen MR) is 61.1 cm³/mol. The molecule has 94 valence electrons. The van der Waals surface area contributed by atoms with Crippen LogP contribution in [0.2, 0.25) is 0 Å². The minimum Gasteiger partial charge on any atom is -0.423 e. The molecule has 17 heavy (non-hydrogen) atoms. The van der Waals surface area contributed by atoms with Crippen LogP contribution in [0.15, 0.2) is 18.2 Å². The topological polar surface area (TPSA) is 60.4 Å². The first kappa shape index (κ1) is 13.6. The summed E-state index contributed by atoms with van der Waals surface area (Å²) < 4.78 is 39.6. The third-order valence-corrected chi connectivity index (χ3v) is 2.93. The molecule has 0 heterocycles. The van der Waals surface area contributed by atoms with Crippen molar-refractivity contribution in [1.29, 1.82) is 0 Å². The molecule has 0 fully saturated rings. The molecule has 0 saturated carbocycles. The monoisotopic (exact) mass is 260 g/mol. The summed E-state index contributed by atoms with van der Waals surface area (Å²) in [5.41, 5.74) is 0.748. The van der Waals surface area contributed by atoms with Gasteiger partial charge in [0, 0.05) is 6.26 Å². The molecule has 0 aliphatic carbocycles. The van der Waals surface area contributed by atoms with Gasteiger partial charge in [-0.1, -0.05) is 6.07 Å². The van der Waals surface area contributed by atoms with E-state index in [-0.39, 0.29) is 17.9 Å². The molecule has 1 aromatic carbocycles. The number of esters is 1. The Morgan fingerprint density at radius 1 is 1.41 bits per heavy atom. The summed E-state index contributed by atoms with van der Waals surface area (Å²) in [6.07, 6.45) is 0.736. The second kappa shape index (κ2) is 5.27. The van der Waals surface area contributed by atoms with Gasteiger partial charge < -0.3 is 4.74 Å². The van der Waals surface area contributed by atoms with E-state index in [0.29, 0.717) is 0 Å². The van der Waals surface area contributed by atoms with E-state index in [0.717, 1.165) is 11.8 Å². The van der Waals surface area contributed by atoms with Gasteiger partial charge >= 0.3 is 5.97 Å². The predicted octanol–water partition coefficient (Wildman–Crippen LogP) is 1.47. The molecule has 0 atom stereocenters. The molecular weight excluding hydrogens is 247 g/mol. The fourth-order valence-electron chi connectivity index (χ4n) is 1.13. The van der Waals surface area contributed by atoms with Crippen molar-refractivity contribution in [3.63, 3.8) is 0 Å². The van der Waals surface area contributed by atoms with E-state index in [1.165, 1.54) is 12.1 Å². The normalized spacial score (nSPS) is 11.2. The highest BCUT2D eigenvalue weighted by Crippen LogP contribution is 2.18. The number of carbonyl (C=O) groups is 1. The molecule has 0 radical (unpaired) electrons. The first-order valence-electron chi connectivity index (χ1n) is 4.92. The van der Waals surface area contributed by atoms with Crippen molar-refractivity contribution in [3.8, 4) is 5.75 Å². The van der Waals surface area contributed by atoms with Crippen molar-refractivity contribution in [1.82, 2.24) is 0 Å². The number of carbonyl (C=O) groups excluding carboxylic acids is 1. The van der Waals surface area contributed by atoms with Crippen LogP contribution in [-0.4, -0.2) is 26.4 Å². The van der Waals surface area contributed by atoms with E-state index in [1.807, 2.05) is 0 Å². The lowest BCUT2D eigenvalue weighted by Gasteiger charge is -2.05. The van der Waals surface area contributed by atoms with Crippen LogP contribution in [0.25, 0.3) is 0 Å². The fourth-order valence-corrected chi connectivity index (χ4v) is 1.67. The first-order chi connectivity index (χ1) is 7.78. The Balaban J connectivity index is 2.65. The maximum Gasteiger partial charge on any atom is 0.312 e. The highest BCUT2D eigenvalue weighted by molar-refractivity contribution is 7.90. The zero-order valence-electron chi connectivity index (χ0n) is 9.57. The smallest absolute Gasteiger partial charge is 0.312 e. The van der Waals surface area contributed by atoms with Crippen molar-refractivity contribution in [2.45, 2.75) is 13.3 Å². The van der Waals surface area contributed by atoms with Gasteiger partial charge in [-0.3, -0.25) is 4.79 Å². The highest BCUT2D eigenvalue weighted by Gasteiger charge is 2.12. The Morgan fingerprint density at radius 2 is 2.06 bits per heavy atom. The van der Waals surface area contributed by atoms with Crippen LogP contribution in [0, 0.1) is 12.7 Å². The molecule has 0 aromatic heterocycles. The maximum absolute atomic E-state index is 13.2. The van der Waals surface area contributed by atoms with E-state index in [2.05, 4.69) is 0 Å². The largest absolute Gasteiger partial charge is 0.423 e. The highest BCUT2D eigenvalue weighted by atomic mass is 32.2. The average Bonchev–Trinajstić information content (AvgIpc) is 2.20. The quantitative estimate of drug-likeness (QED) is 0.607. The average molecular weight is 260 g/mol. The lowest BCUT2D eigenvalue weighted by Crippen LogP contribution is -2.14. The summed E-state index contributed by atoms with van der Waals surface area (Å²) in [6.45, 7) is 1.73. The molecule has 4 nitrogen and oxygen atoms in total. The zero-order chi connectivity index (χ0) is 13.1. The molecule has 1 aromatic rings. The van der Waals surface area contributed by atoms with Crippen LogP contribution in [0.1, 0.15) is 12.0 Å². The van der Waals surface area contributed by atoms with Crippen molar-refractivity contribution in [2.75, 3.05) is 12.0 Å². The Morgan fingerprint density at radius 3 is 2.65 bits per heavy atom. The standard InChI is InChI=1S/C11H13FO4S/c1-8-3-4-9(12)10(7-8)16-11(13)5-6-17(2,14)15/h3-4,7H,5-6H2,1-2H3. The minimum absolute atomic E-state index is 0.177. The summed E-state index contributed by atoms with van der Waals surface area (Å²) in [6, 6.07) is 4.12. The lowest BCUT2D eigenvalue weighted by molar-refractivity contribution is -0.134. The van der Waals surface area contributed by atoms with Crippen molar-refractivity contribution < 1.29 is 22.3 Å². The summed E-state index contributed by atoms with van der Waals surface area (Å²) in [5, 5.41) is 0. The summed E-state index contributed by atoms with van der Waals surface area (Å²) in [5.74, 6) is -1.90. The SMILES string of the molecule is Cc1ccc(F)c(OC(=O)CCS(C)(=O)=O)c1. The van der Waals surface area contributed by atoms with Gasteiger partial charge in [0.1, 0.15) is 9.84 Å². The lowest BCUT2D eigenvalue weighted by atomic mass is 10.2. The molecule has 0 amide bonds. The second-order valence-corrected chi connectivity index (χ2v) is 6.05. The van der Waals surface area contributed by atoms with Gasteiger partial charge in [0.25, 0.3) is 0 Å². The molecule has 0 unspecified atom stereocenters. The van der Waals surface area contributed by atoms with Gasteiger partial charge in [0.05, 0.1) is 12.2 Å². The Labute approximate surface area is 99.3 Å². The number of rotatable bonds is 4. The number of hydrogen-bond donors (Lipinski definition) is 0. The van der Waals surface area contributed by atoms with Crippen LogP contribution in [0.4, 0.5) is 4.39 Å². The van der Waals surface area contributed by atoms with Crippen LogP contribution >= 0.6 is 0 Å². The maximum atomic E-state index is 13.2. The van der Waals surface area contributed by atoms with Gasteiger partial charge in [-0.15, -0.1) is 0 Å². The van der Waals surface area contributed by atoms with Gasteiger partial charge in [-0.05, 0) is 24.6 Å². The van der Waals surface area contributed by atoms with Gasteiger partial charge in [-0.2, -0.15) is 0 Å². The summed E-state index contributed by atoms with van der Waals surface area (Å²) >= 11 is 0. The van der Waals surface area contributed by atoms with E-state index in [1.54, 1.807) is 13.0 Å². The number of hydrogen-bond acceptors (Lipinski definition) is 4.